The van der Waals surface area contributed by atoms with Gasteiger partial charge in [0.15, 0.2) is 5.75 Å². The lowest BCUT2D eigenvalue weighted by Crippen LogP contribution is -2.27. The third kappa shape index (κ3) is 3.56. The normalized spacial score (nSPS) is 10.6. The van der Waals surface area contributed by atoms with Crippen molar-refractivity contribution >= 4 is 34.8 Å². The van der Waals surface area contributed by atoms with Gasteiger partial charge in [-0.2, -0.15) is 0 Å². The number of hydrogen-bond donors (Lipinski definition) is 2. The Balaban J connectivity index is 2.85. The van der Waals surface area contributed by atoms with Crippen molar-refractivity contribution in [2.45, 2.75) is 0 Å². The number of hydrogen-bond acceptors (Lipinski definition) is 3. The first kappa shape index (κ1) is 13.1. The number of carbonyl (C=O) groups excluding carboxylic acids is 1. The lowest BCUT2D eigenvalue weighted by molar-refractivity contribution is -0.116. The standard InChI is InChI=1S/C10H12Cl2N2O2/c1-14(2)5-9(15)13-8-4-6(11)3-7(12)10(8)16/h3-4,16H,5H2,1-2H3,(H,13,15). The van der Waals surface area contributed by atoms with Crippen LogP contribution in [0, 0.1) is 0 Å². The quantitative estimate of drug-likeness (QED) is 0.822. The molecule has 0 spiro atoms. The van der Waals surface area contributed by atoms with Gasteiger partial charge in [0.05, 0.1) is 17.3 Å². The van der Waals surface area contributed by atoms with Crippen LogP contribution in [-0.2, 0) is 4.79 Å². The van der Waals surface area contributed by atoms with E-state index < -0.39 is 0 Å². The summed E-state index contributed by atoms with van der Waals surface area (Å²) in [7, 11) is 3.54. The maximum atomic E-state index is 11.4. The number of likely N-dealkylation sites (N-methyl/N-ethyl adjacent to an activating group) is 1. The Morgan fingerprint density at radius 2 is 2.06 bits per heavy atom. The highest BCUT2D eigenvalue weighted by molar-refractivity contribution is 6.36. The van der Waals surface area contributed by atoms with Crippen LogP contribution in [0.1, 0.15) is 0 Å². The topological polar surface area (TPSA) is 52.6 Å². The largest absolute Gasteiger partial charge is 0.504 e. The minimum atomic E-state index is -0.251. The molecule has 0 radical (unpaired) electrons. The van der Waals surface area contributed by atoms with Gasteiger partial charge in [0.25, 0.3) is 0 Å². The Morgan fingerprint density at radius 1 is 1.44 bits per heavy atom. The fourth-order valence-corrected chi connectivity index (χ4v) is 1.63. The summed E-state index contributed by atoms with van der Waals surface area (Å²) in [6.45, 7) is 0.212. The van der Waals surface area contributed by atoms with E-state index in [2.05, 4.69) is 5.32 Å². The molecule has 6 heteroatoms. The minimum absolute atomic E-state index is 0.104. The Bertz CT molecular complexity index is 408. The van der Waals surface area contributed by atoms with Gasteiger partial charge in [0.1, 0.15) is 0 Å². The Labute approximate surface area is 104 Å². The Hall–Kier alpha value is -0.970. The number of halogens is 2. The van der Waals surface area contributed by atoms with Gasteiger partial charge in [0.2, 0.25) is 5.91 Å². The maximum Gasteiger partial charge on any atom is 0.238 e. The number of phenolic OH excluding ortho intramolecular Hbond substituents is 1. The molecule has 0 fully saturated rings. The van der Waals surface area contributed by atoms with Crippen LogP contribution in [-0.4, -0.2) is 36.6 Å². The summed E-state index contributed by atoms with van der Waals surface area (Å²) in [6, 6.07) is 2.84. The molecule has 16 heavy (non-hydrogen) atoms. The molecular formula is C10H12Cl2N2O2. The van der Waals surface area contributed by atoms with Gasteiger partial charge in [-0.05, 0) is 26.2 Å². The summed E-state index contributed by atoms with van der Waals surface area (Å²) in [5.74, 6) is -0.434. The predicted molar refractivity (Wildman–Crippen MR) is 65.3 cm³/mol. The Kier molecular flexibility index (Phi) is 4.41. The van der Waals surface area contributed by atoms with Crippen molar-refractivity contribution in [2.24, 2.45) is 0 Å². The minimum Gasteiger partial charge on any atom is -0.504 e. The van der Waals surface area contributed by atoms with Gasteiger partial charge in [0, 0.05) is 5.02 Å². The molecule has 0 saturated heterocycles. The van der Waals surface area contributed by atoms with Gasteiger partial charge in [-0.3, -0.25) is 4.79 Å². The Morgan fingerprint density at radius 3 is 2.62 bits per heavy atom. The summed E-state index contributed by atoms with van der Waals surface area (Å²) in [4.78, 5) is 13.2. The fraction of sp³-hybridized carbons (Fsp3) is 0.300. The summed E-state index contributed by atoms with van der Waals surface area (Å²) in [5, 5.41) is 12.6. The zero-order valence-corrected chi connectivity index (χ0v) is 10.4. The van der Waals surface area contributed by atoms with E-state index in [4.69, 9.17) is 23.2 Å². The van der Waals surface area contributed by atoms with Crippen LogP contribution < -0.4 is 5.32 Å². The number of benzene rings is 1. The molecule has 1 aromatic rings. The van der Waals surface area contributed by atoms with E-state index in [1.807, 2.05) is 0 Å². The zero-order chi connectivity index (χ0) is 12.3. The first-order chi connectivity index (χ1) is 7.40. The van der Waals surface area contributed by atoms with E-state index in [0.29, 0.717) is 5.02 Å². The molecule has 0 heterocycles. The SMILES string of the molecule is CN(C)CC(=O)Nc1cc(Cl)cc(Cl)c1O. The van der Waals surface area contributed by atoms with Crippen molar-refractivity contribution < 1.29 is 9.90 Å². The van der Waals surface area contributed by atoms with E-state index in [1.54, 1.807) is 19.0 Å². The van der Waals surface area contributed by atoms with Crippen molar-refractivity contribution in [1.29, 1.82) is 0 Å². The van der Waals surface area contributed by atoms with E-state index in [0.717, 1.165) is 0 Å². The van der Waals surface area contributed by atoms with Crippen LogP contribution >= 0.6 is 23.2 Å². The summed E-state index contributed by atoms with van der Waals surface area (Å²) >= 11 is 11.5. The molecule has 2 N–H and O–H groups in total. The molecule has 0 aliphatic heterocycles. The van der Waals surface area contributed by atoms with Crippen molar-refractivity contribution in [1.82, 2.24) is 4.90 Å². The van der Waals surface area contributed by atoms with Crippen LogP contribution in [0.2, 0.25) is 10.0 Å². The molecular weight excluding hydrogens is 251 g/mol. The van der Waals surface area contributed by atoms with Crippen molar-refractivity contribution in [2.75, 3.05) is 26.0 Å². The molecule has 0 bridgehead atoms. The molecule has 0 atom stereocenters. The van der Waals surface area contributed by atoms with Gasteiger partial charge in [-0.25, -0.2) is 0 Å². The highest BCUT2D eigenvalue weighted by Gasteiger charge is 2.11. The van der Waals surface area contributed by atoms with Gasteiger partial charge in [-0.15, -0.1) is 0 Å². The second-order valence-electron chi connectivity index (χ2n) is 3.57. The number of carbonyl (C=O) groups is 1. The zero-order valence-electron chi connectivity index (χ0n) is 8.92. The van der Waals surface area contributed by atoms with Crippen molar-refractivity contribution in [3.8, 4) is 5.75 Å². The van der Waals surface area contributed by atoms with Crippen LogP contribution in [0.3, 0.4) is 0 Å². The molecule has 0 aromatic heterocycles. The summed E-state index contributed by atoms with van der Waals surface area (Å²) in [6.07, 6.45) is 0. The summed E-state index contributed by atoms with van der Waals surface area (Å²) < 4.78 is 0. The second-order valence-corrected chi connectivity index (χ2v) is 4.41. The number of nitrogens with one attached hydrogen (secondary N) is 1. The van der Waals surface area contributed by atoms with Crippen molar-refractivity contribution in [3.63, 3.8) is 0 Å². The van der Waals surface area contributed by atoms with Crippen molar-refractivity contribution in [3.05, 3.63) is 22.2 Å². The number of phenols is 1. The first-order valence-electron chi connectivity index (χ1n) is 4.52. The van der Waals surface area contributed by atoms with Gasteiger partial charge < -0.3 is 15.3 Å². The molecule has 1 amide bonds. The molecule has 0 aliphatic carbocycles. The molecule has 0 aliphatic rings. The molecule has 88 valence electrons. The number of nitrogens with zero attached hydrogens (tertiary/aromatic N) is 1. The van der Waals surface area contributed by atoms with Gasteiger partial charge in [-0.1, -0.05) is 23.2 Å². The van der Waals surface area contributed by atoms with Crippen LogP contribution in [0.5, 0.6) is 5.75 Å². The number of aromatic hydroxyl groups is 1. The fourth-order valence-electron chi connectivity index (χ4n) is 1.14. The lowest BCUT2D eigenvalue weighted by Gasteiger charge is -2.12. The van der Waals surface area contributed by atoms with Crippen LogP contribution in [0.15, 0.2) is 12.1 Å². The lowest BCUT2D eigenvalue weighted by atomic mass is 10.3. The predicted octanol–water partition coefficient (Wildman–Crippen LogP) is 2.20. The highest BCUT2D eigenvalue weighted by atomic mass is 35.5. The summed E-state index contributed by atoms with van der Waals surface area (Å²) in [5.41, 5.74) is 0.212. The van der Waals surface area contributed by atoms with E-state index in [-0.39, 0.29) is 28.9 Å². The smallest absolute Gasteiger partial charge is 0.238 e. The molecule has 1 rings (SSSR count). The maximum absolute atomic E-state index is 11.4. The third-order valence-electron chi connectivity index (χ3n) is 1.76. The number of anilines is 1. The molecule has 0 saturated carbocycles. The number of rotatable bonds is 3. The third-order valence-corrected chi connectivity index (χ3v) is 2.27. The molecule has 0 unspecified atom stereocenters. The van der Waals surface area contributed by atoms with Gasteiger partial charge >= 0.3 is 0 Å². The van der Waals surface area contributed by atoms with E-state index >= 15 is 0 Å². The van der Waals surface area contributed by atoms with Crippen LogP contribution in [0.25, 0.3) is 0 Å². The second kappa shape index (κ2) is 5.39. The molecule has 4 nitrogen and oxygen atoms in total. The van der Waals surface area contributed by atoms with E-state index in [1.165, 1.54) is 12.1 Å². The molecule has 1 aromatic carbocycles. The number of amides is 1. The van der Waals surface area contributed by atoms with E-state index in [9.17, 15) is 9.90 Å². The van der Waals surface area contributed by atoms with Crippen LogP contribution in [0.4, 0.5) is 5.69 Å². The average Bonchev–Trinajstić information content (AvgIpc) is 2.11. The average molecular weight is 263 g/mol. The highest BCUT2D eigenvalue weighted by Crippen LogP contribution is 2.34. The monoisotopic (exact) mass is 262 g/mol. The first-order valence-corrected chi connectivity index (χ1v) is 5.28.